The van der Waals surface area contributed by atoms with Gasteiger partial charge in [0.1, 0.15) is 0 Å². The fourth-order valence-corrected chi connectivity index (χ4v) is 4.90. The molecule has 0 bridgehead atoms. The van der Waals surface area contributed by atoms with Gasteiger partial charge in [0.25, 0.3) is 0 Å². The number of fused-ring (bicyclic) bond motifs is 3. The van der Waals surface area contributed by atoms with E-state index in [1.54, 1.807) is 0 Å². The minimum Gasteiger partial charge on any atom is -0.356 e. The predicted molar refractivity (Wildman–Crippen MR) is 128 cm³/mol. The molecule has 4 rings (SSSR count). The number of thiocarbonyl (C=S) groups is 1. The van der Waals surface area contributed by atoms with Crippen molar-refractivity contribution in [3.8, 4) is 0 Å². The van der Waals surface area contributed by atoms with Gasteiger partial charge in [-0.1, -0.05) is 50.6 Å². The van der Waals surface area contributed by atoms with E-state index >= 15 is 0 Å². The SMILES string of the molecule is CCCCc1ccc(NC(=S)N2CCc3c([nH]c4ccccc34)C2CC)c(C)c1. The van der Waals surface area contributed by atoms with Gasteiger partial charge in [-0.25, -0.2) is 0 Å². The van der Waals surface area contributed by atoms with Crippen LogP contribution >= 0.6 is 12.2 Å². The Balaban J connectivity index is 1.54. The summed E-state index contributed by atoms with van der Waals surface area (Å²) in [6.07, 6.45) is 5.66. The molecule has 1 aliphatic rings. The minimum atomic E-state index is 0.287. The molecule has 0 spiro atoms. The van der Waals surface area contributed by atoms with Crippen LogP contribution in [0.15, 0.2) is 42.5 Å². The van der Waals surface area contributed by atoms with E-state index < -0.39 is 0 Å². The first-order valence-corrected chi connectivity index (χ1v) is 11.3. The second-order valence-electron chi connectivity index (χ2n) is 8.11. The highest BCUT2D eigenvalue weighted by atomic mass is 32.1. The lowest BCUT2D eigenvalue weighted by Gasteiger charge is -2.37. The number of hydrogen-bond acceptors (Lipinski definition) is 1. The summed E-state index contributed by atoms with van der Waals surface area (Å²) in [7, 11) is 0. The van der Waals surface area contributed by atoms with Crippen molar-refractivity contribution in [1.82, 2.24) is 9.88 Å². The molecule has 3 nitrogen and oxygen atoms in total. The van der Waals surface area contributed by atoms with Crippen molar-refractivity contribution in [2.75, 3.05) is 11.9 Å². The molecule has 29 heavy (non-hydrogen) atoms. The maximum Gasteiger partial charge on any atom is 0.174 e. The van der Waals surface area contributed by atoms with Crippen LogP contribution in [-0.4, -0.2) is 21.5 Å². The van der Waals surface area contributed by atoms with Gasteiger partial charge in [-0.15, -0.1) is 0 Å². The monoisotopic (exact) mass is 405 g/mol. The Morgan fingerprint density at radius 1 is 1.21 bits per heavy atom. The first-order valence-electron chi connectivity index (χ1n) is 10.9. The van der Waals surface area contributed by atoms with Gasteiger partial charge in [-0.2, -0.15) is 0 Å². The number of para-hydroxylation sites is 1. The van der Waals surface area contributed by atoms with Crippen molar-refractivity contribution < 1.29 is 0 Å². The highest BCUT2D eigenvalue weighted by molar-refractivity contribution is 7.80. The summed E-state index contributed by atoms with van der Waals surface area (Å²) in [6, 6.07) is 15.6. The van der Waals surface area contributed by atoms with Gasteiger partial charge in [-0.05, 0) is 73.6 Å². The molecule has 1 aromatic heterocycles. The van der Waals surface area contributed by atoms with Crippen molar-refractivity contribution in [3.63, 3.8) is 0 Å². The number of benzene rings is 2. The molecule has 3 aromatic rings. The zero-order valence-corrected chi connectivity index (χ0v) is 18.5. The van der Waals surface area contributed by atoms with Crippen LogP contribution in [0.3, 0.4) is 0 Å². The molecule has 0 saturated heterocycles. The van der Waals surface area contributed by atoms with E-state index in [4.69, 9.17) is 12.2 Å². The minimum absolute atomic E-state index is 0.287. The van der Waals surface area contributed by atoms with E-state index in [0.717, 1.165) is 36.6 Å². The third-order valence-electron chi connectivity index (χ3n) is 6.16. The first-order chi connectivity index (χ1) is 14.1. The molecule has 2 N–H and O–H groups in total. The second-order valence-corrected chi connectivity index (χ2v) is 8.50. The van der Waals surface area contributed by atoms with Crippen molar-refractivity contribution >= 4 is 33.9 Å². The van der Waals surface area contributed by atoms with Gasteiger partial charge in [0.15, 0.2) is 5.11 Å². The number of hydrogen-bond donors (Lipinski definition) is 2. The van der Waals surface area contributed by atoms with E-state index in [9.17, 15) is 0 Å². The lowest BCUT2D eigenvalue weighted by molar-refractivity contribution is 0.291. The molecule has 2 aromatic carbocycles. The number of aromatic nitrogens is 1. The van der Waals surface area contributed by atoms with Gasteiger partial charge >= 0.3 is 0 Å². The van der Waals surface area contributed by atoms with Gasteiger partial charge in [-0.3, -0.25) is 0 Å². The highest BCUT2D eigenvalue weighted by Gasteiger charge is 2.30. The van der Waals surface area contributed by atoms with Gasteiger partial charge in [0.05, 0.1) is 6.04 Å². The van der Waals surface area contributed by atoms with Crippen molar-refractivity contribution in [2.45, 2.75) is 58.9 Å². The van der Waals surface area contributed by atoms with Crippen LogP contribution in [0.25, 0.3) is 10.9 Å². The molecule has 152 valence electrons. The van der Waals surface area contributed by atoms with E-state index in [1.165, 1.54) is 46.1 Å². The van der Waals surface area contributed by atoms with Crippen LogP contribution in [0.5, 0.6) is 0 Å². The number of aromatic amines is 1. The Hall–Kier alpha value is -2.33. The zero-order valence-electron chi connectivity index (χ0n) is 17.7. The number of aryl methyl sites for hydroxylation is 2. The average molecular weight is 406 g/mol. The number of nitrogens with one attached hydrogen (secondary N) is 2. The molecule has 2 heterocycles. The number of anilines is 1. The van der Waals surface area contributed by atoms with Crippen molar-refractivity contribution in [2.24, 2.45) is 0 Å². The first kappa shape index (κ1) is 20.0. The highest BCUT2D eigenvalue weighted by Crippen LogP contribution is 2.36. The number of rotatable bonds is 5. The summed E-state index contributed by atoms with van der Waals surface area (Å²) < 4.78 is 0. The standard InChI is InChI=1S/C25H31N3S/c1-4-6-9-18-12-13-21(17(3)16-18)27-25(29)28-15-14-20-19-10-7-8-11-22(19)26-24(20)23(28)5-2/h7-8,10-13,16,23,26H,4-6,9,14-15H2,1-3H3,(H,27,29). The third-order valence-corrected chi connectivity index (χ3v) is 6.49. The molecule has 1 unspecified atom stereocenters. The van der Waals surface area contributed by atoms with E-state index in [0.29, 0.717) is 0 Å². The van der Waals surface area contributed by atoms with Crippen molar-refractivity contribution in [3.05, 3.63) is 64.8 Å². The number of H-pyrrole nitrogens is 1. The Kier molecular flexibility index (Phi) is 5.91. The summed E-state index contributed by atoms with van der Waals surface area (Å²) in [4.78, 5) is 6.03. The van der Waals surface area contributed by atoms with Crippen LogP contribution in [0.4, 0.5) is 5.69 Å². The molecule has 0 radical (unpaired) electrons. The molecular weight excluding hydrogens is 374 g/mol. The lowest BCUT2D eigenvalue weighted by Crippen LogP contribution is -2.42. The summed E-state index contributed by atoms with van der Waals surface area (Å²) in [5.41, 5.74) is 7.81. The Morgan fingerprint density at radius 3 is 2.79 bits per heavy atom. The molecular formula is C25H31N3S. The smallest absolute Gasteiger partial charge is 0.174 e. The Labute approximate surface area is 179 Å². The fourth-order valence-electron chi connectivity index (χ4n) is 4.58. The summed E-state index contributed by atoms with van der Waals surface area (Å²) in [5.74, 6) is 0. The molecule has 0 fully saturated rings. The molecule has 1 atom stereocenters. The molecule has 0 amide bonds. The number of nitrogens with zero attached hydrogens (tertiary/aromatic N) is 1. The van der Waals surface area contributed by atoms with Crippen LogP contribution in [0.2, 0.25) is 0 Å². The van der Waals surface area contributed by atoms with Crippen LogP contribution in [-0.2, 0) is 12.8 Å². The van der Waals surface area contributed by atoms with Gasteiger partial charge in [0.2, 0.25) is 0 Å². The average Bonchev–Trinajstić information content (AvgIpc) is 3.12. The van der Waals surface area contributed by atoms with E-state index in [-0.39, 0.29) is 6.04 Å². The van der Waals surface area contributed by atoms with Gasteiger partial charge < -0.3 is 15.2 Å². The normalized spacial score (nSPS) is 16.1. The third kappa shape index (κ3) is 3.91. The maximum absolute atomic E-state index is 5.87. The quantitative estimate of drug-likeness (QED) is 0.473. The second kappa shape index (κ2) is 8.58. The lowest BCUT2D eigenvalue weighted by atomic mass is 9.96. The number of unbranched alkanes of at least 4 members (excludes halogenated alkanes) is 1. The maximum atomic E-state index is 5.87. The summed E-state index contributed by atoms with van der Waals surface area (Å²) in [5, 5.41) is 5.72. The van der Waals surface area contributed by atoms with Crippen molar-refractivity contribution in [1.29, 1.82) is 0 Å². The predicted octanol–water partition coefficient (Wildman–Crippen LogP) is 6.53. The largest absolute Gasteiger partial charge is 0.356 e. The van der Waals surface area contributed by atoms with Gasteiger partial charge in [0, 0.05) is 28.8 Å². The van der Waals surface area contributed by atoms with Crippen LogP contribution in [0, 0.1) is 6.92 Å². The molecule has 0 saturated carbocycles. The summed E-state index contributed by atoms with van der Waals surface area (Å²) >= 11 is 5.87. The van der Waals surface area contributed by atoms with Crippen LogP contribution in [0.1, 0.15) is 61.5 Å². The zero-order chi connectivity index (χ0) is 20.4. The molecule has 1 aliphatic heterocycles. The van der Waals surface area contributed by atoms with E-state index in [1.807, 2.05) is 0 Å². The van der Waals surface area contributed by atoms with E-state index in [2.05, 4.69) is 78.4 Å². The topological polar surface area (TPSA) is 31.1 Å². The fraction of sp³-hybridized carbons (Fsp3) is 0.400. The summed E-state index contributed by atoms with van der Waals surface area (Å²) in [6.45, 7) is 7.60. The molecule has 4 heteroatoms. The van der Waals surface area contributed by atoms with Crippen LogP contribution < -0.4 is 5.32 Å². The Bertz CT molecular complexity index is 1020. The molecule has 0 aliphatic carbocycles. The Morgan fingerprint density at radius 2 is 2.03 bits per heavy atom.